The van der Waals surface area contributed by atoms with Crippen molar-refractivity contribution in [3.63, 3.8) is 0 Å². The van der Waals surface area contributed by atoms with Gasteiger partial charge in [-0.2, -0.15) is 0 Å². The standard InChI is InChI=1S/C23H21N3O3S/c24-21(27)17-8-4-10-19(14-17)25-23(30)26-22(28)18-9-5-11-20(15-18)29-13-12-16-6-2-1-3-7-16/h1-11,14-15H,12-13H2,(H2,24,27)(H2,25,26,28,30). The van der Waals surface area contributed by atoms with Crippen molar-refractivity contribution < 1.29 is 14.3 Å². The number of hydrogen-bond donors (Lipinski definition) is 3. The average Bonchev–Trinajstić information content (AvgIpc) is 2.75. The molecule has 0 spiro atoms. The van der Waals surface area contributed by atoms with Gasteiger partial charge < -0.3 is 15.8 Å². The van der Waals surface area contributed by atoms with E-state index in [9.17, 15) is 9.59 Å². The third kappa shape index (κ3) is 6.15. The van der Waals surface area contributed by atoms with E-state index in [-0.39, 0.29) is 11.0 Å². The van der Waals surface area contributed by atoms with Crippen LogP contribution in [0.4, 0.5) is 5.69 Å². The highest BCUT2D eigenvalue weighted by Crippen LogP contribution is 2.14. The molecule has 0 bridgehead atoms. The molecule has 0 saturated heterocycles. The molecule has 4 N–H and O–H groups in total. The molecule has 6 nitrogen and oxygen atoms in total. The largest absolute Gasteiger partial charge is 0.493 e. The molecule has 30 heavy (non-hydrogen) atoms. The third-order valence-electron chi connectivity index (χ3n) is 4.23. The van der Waals surface area contributed by atoms with E-state index in [1.54, 1.807) is 48.5 Å². The number of thiocarbonyl (C=S) groups is 1. The van der Waals surface area contributed by atoms with Crippen LogP contribution in [0, 0.1) is 0 Å². The maximum absolute atomic E-state index is 12.5. The summed E-state index contributed by atoms with van der Waals surface area (Å²) in [5, 5.41) is 5.59. The molecule has 0 heterocycles. The fourth-order valence-corrected chi connectivity index (χ4v) is 2.96. The van der Waals surface area contributed by atoms with Crippen molar-refractivity contribution >= 4 is 34.8 Å². The van der Waals surface area contributed by atoms with E-state index >= 15 is 0 Å². The minimum atomic E-state index is -0.544. The summed E-state index contributed by atoms with van der Waals surface area (Å²) in [4.78, 5) is 23.8. The molecule has 0 fully saturated rings. The second kappa shape index (κ2) is 10.2. The zero-order valence-corrected chi connectivity index (χ0v) is 16.9. The number of hydrogen-bond acceptors (Lipinski definition) is 4. The van der Waals surface area contributed by atoms with E-state index in [4.69, 9.17) is 22.7 Å². The molecule has 152 valence electrons. The van der Waals surface area contributed by atoms with Gasteiger partial charge in [-0.25, -0.2) is 0 Å². The minimum absolute atomic E-state index is 0.108. The lowest BCUT2D eigenvalue weighted by atomic mass is 10.2. The zero-order chi connectivity index (χ0) is 21.3. The lowest BCUT2D eigenvalue weighted by Gasteiger charge is -2.11. The Morgan fingerprint density at radius 1 is 0.900 bits per heavy atom. The zero-order valence-electron chi connectivity index (χ0n) is 16.1. The molecule has 0 aliphatic heterocycles. The van der Waals surface area contributed by atoms with Crippen LogP contribution in [0.1, 0.15) is 26.3 Å². The van der Waals surface area contributed by atoms with Crippen LogP contribution in [0.2, 0.25) is 0 Å². The van der Waals surface area contributed by atoms with Crippen molar-refractivity contribution in [2.24, 2.45) is 5.73 Å². The van der Waals surface area contributed by atoms with Gasteiger partial charge in [0.25, 0.3) is 5.91 Å². The highest BCUT2D eigenvalue weighted by molar-refractivity contribution is 7.80. The number of ether oxygens (including phenoxy) is 1. The van der Waals surface area contributed by atoms with Crippen LogP contribution in [0.25, 0.3) is 0 Å². The van der Waals surface area contributed by atoms with E-state index in [2.05, 4.69) is 10.6 Å². The second-order valence-corrected chi connectivity index (χ2v) is 6.87. The van der Waals surface area contributed by atoms with E-state index in [0.29, 0.717) is 29.2 Å². The molecule has 7 heteroatoms. The summed E-state index contributed by atoms with van der Waals surface area (Å²) in [6, 6.07) is 23.5. The quantitative estimate of drug-likeness (QED) is 0.510. The van der Waals surface area contributed by atoms with E-state index < -0.39 is 5.91 Å². The topological polar surface area (TPSA) is 93.5 Å². The van der Waals surface area contributed by atoms with Gasteiger partial charge in [0.05, 0.1) is 6.61 Å². The van der Waals surface area contributed by atoms with Gasteiger partial charge >= 0.3 is 0 Å². The summed E-state index contributed by atoms with van der Waals surface area (Å²) in [5.74, 6) is -0.309. The Kier molecular flexibility index (Phi) is 7.13. The van der Waals surface area contributed by atoms with E-state index in [0.717, 1.165) is 6.42 Å². The lowest BCUT2D eigenvalue weighted by molar-refractivity contribution is 0.0974. The summed E-state index contributed by atoms with van der Waals surface area (Å²) in [5.41, 5.74) is 7.77. The molecule has 0 aliphatic rings. The molecule has 0 atom stereocenters. The molecule has 0 aromatic heterocycles. The fourth-order valence-electron chi connectivity index (χ4n) is 2.75. The van der Waals surface area contributed by atoms with Crippen LogP contribution in [0.15, 0.2) is 78.9 Å². The first-order valence-electron chi connectivity index (χ1n) is 9.30. The van der Waals surface area contributed by atoms with Crippen molar-refractivity contribution in [1.82, 2.24) is 5.32 Å². The van der Waals surface area contributed by atoms with Gasteiger partial charge in [-0.15, -0.1) is 0 Å². The molecule has 3 rings (SSSR count). The van der Waals surface area contributed by atoms with Crippen molar-refractivity contribution in [1.29, 1.82) is 0 Å². The van der Waals surface area contributed by atoms with Gasteiger partial charge in [0.1, 0.15) is 5.75 Å². The summed E-state index contributed by atoms with van der Waals surface area (Å²) in [6.07, 6.45) is 0.773. The van der Waals surface area contributed by atoms with Gasteiger partial charge in [-0.05, 0) is 54.2 Å². The fraction of sp³-hybridized carbons (Fsp3) is 0.0870. The Bertz CT molecular complexity index is 1050. The maximum Gasteiger partial charge on any atom is 0.257 e. The molecule has 0 saturated carbocycles. The van der Waals surface area contributed by atoms with Gasteiger partial charge in [0.15, 0.2) is 5.11 Å². The molecular formula is C23H21N3O3S. The maximum atomic E-state index is 12.5. The van der Waals surface area contributed by atoms with Crippen LogP contribution in [-0.2, 0) is 6.42 Å². The van der Waals surface area contributed by atoms with Gasteiger partial charge in [0.2, 0.25) is 5.91 Å². The molecule has 0 aliphatic carbocycles. The molecule has 0 radical (unpaired) electrons. The smallest absolute Gasteiger partial charge is 0.257 e. The number of carbonyl (C=O) groups is 2. The Labute approximate surface area is 180 Å². The summed E-state index contributed by atoms with van der Waals surface area (Å²) in [7, 11) is 0. The number of benzene rings is 3. The minimum Gasteiger partial charge on any atom is -0.493 e. The first-order chi connectivity index (χ1) is 14.5. The predicted molar refractivity (Wildman–Crippen MR) is 121 cm³/mol. The number of nitrogens with two attached hydrogens (primary N) is 1. The lowest BCUT2D eigenvalue weighted by Crippen LogP contribution is -2.34. The van der Waals surface area contributed by atoms with E-state index in [1.165, 1.54) is 5.56 Å². The van der Waals surface area contributed by atoms with Gasteiger partial charge in [-0.3, -0.25) is 14.9 Å². The Balaban J connectivity index is 1.54. The average molecular weight is 420 g/mol. The summed E-state index contributed by atoms with van der Waals surface area (Å²) in [6.45, 7) is 0.505. The monoisotopic (exact) mass is 419 g/mol. The van der Waals surface area contributed by atoms with Gasteiger partial charge in [-0.1, -0.05) is 42.5 Å². The van der Waals surface area contributed by atoms with Crippen molar-refractivity contribution in [3.05, 3.63) is 95.6 Å². The van der Waals surface area contributed by atoms with Crippen LogP contribution in [0.5, 0.6) is 5.75 Å². The van der Waals surface area contributed by atoms with Crippen LogP contribution in [-0.4, -0.2) is 23.5 Å². The Morgan fingerprint density at radius 2 is 1.63 bits per heavy atom. The number of carbonyl (C=O) groups excluding carboxylic acids is 2. The number of anilines is 1. The number of primary amides is 1. The van der Waals surface area contributed by atoms with Crippen LogP contribution in [0.3, 0.4) is 0 Å². The first kappa shape index (κ1) is 21.0. The molecular weight excluding hydrogens is 398 g/mol. The molecule has 2 amide bonds. The summed E-state index contributed by atoms with van der Waals surface area (Å²) < 4.78 is 5.76. The van der Waals surface area contributed by atoms with Crippen molar-refractivity contribution in [2.45, 2.75) is 6.42 Å². The SMILES string of the molecule is NC(=O)c1cccc(NC(=S)NC(=O)c2cccc(OCCc3ccccc3)c2)c1. The van der Waals surface area contributed by atoms with Crippen LogP contribution >= 0.6 is 12.2 Å². The van der Waals surface area contributed by atoms with Crippen molar-refractivity contribution in [2.75, 3.05) is 11.9 Å². The molecule has 3 aromatic carbocycles. The highest BCUT2D eigenvalue weighted by Gasteiger charge is 2.10. The second-order valence-electron chi connectivity index (χ2n) is 6.47. The van der Waals surface area contributed by atoms with Crippen LogP contribution < -0.4 is 21.1 Å². The number of nitrogens with one attached hydrogen (secondary N) is 2. The molecule has 0 unspecified atom stereocenters. The third-order valence-corrected chi connectivity index (χ3v) is 4.43. The molecule has 3 aromatic rings. The number of amides is 2. The summed E-state index contributed by atoms with van der Waals surface area (Å²) >= 11 is 5.19. The predicted octanol–water partition coefficient (Wildman–Crippen LogP) is 3.53. The Hall–Kier alpha value is -3.71. The highest BCUT2D eigenvalue weighted by atomic mass is 32.1. The van der Waals surface area contributed by atoms with E-state index in [1.807, 2.05) is 30.3 Å². The first-order valence-corrected chi connectivity index (χ1v) is 9.71. The normalized spacial score (nSPS) is 10.1. The van der Waals surface area contributed by atoms with Crippen molar-refractivity contribution in [3.8, 4) is 5.75 Å². The Morgan fingerprint density at radius 3 is 2.40 bits per heavy atom. The van der Waals surface area contributed by atoms with Gasteiger partial charge in [0, 0.05) is 23.2 Å². The number of rotatable bonds is 7.